The fourth-order valence-electron chi connectivity index (χ4n) is 2.95. The molecular weight excluding hydrogens is 304 g/mol. The first-order valence-electron chi connectivity index (χ1n) is 8.16. The number of anilines is 1. The van der Waals surface area contributed by atoms with Crippen LogP contribution in [0, 0.1) is 0 Å². The third kappa shape index (κ3) is 2.54. The molecule has 0 N–H and O–H groups in total. The third-order valence-electron chi connectivity index (χ3n) is 4.29. The summed E-state index contributed by atoms with van der Waals surface area (Å²) in [5.41, 5.74) is 1.96. The summed E-state index contributed by atoms with van der Waals surface area (Å²) in [5.74, 6) is 2.63. The van der Waals surface area contributed by atoms with E-state index in [0.29, 0.717) is 0 Å². The van der Waals surface area contributed by atoms with Gasteiger partial charge >= 0.3 is 0 Å². The molecule has 1 saturated heterocycles. The zero-order chi connectivity index (χ0) is 16.5. The molecule has 0 spiro atoms. The molecule has 0 bridgehead atoms. The molecule has 0 radical (unpaired) electrons. The second kappa shape index (κ2) is 6.03. The van der Waals surface area contributed by atoms with Crippen molar-refractivity contribution in [2.24, 2.45) is 0 Å². The van der Waals surface area contributed by atoms with Crippen molar-refractivity contribution in [1.82, 2.24) is 14.6 Å². The summed E-state index contributed by atoms with van der Waals surface area (Å²) in [6, 6.07) is 11.8. The van der Waals surface area contributed by atoms with Crippen LogP contribution in [0.2, 0.25) is 0 Å². The van der Waals surface area contributed by atoms with Gasteiger partial charge in [0.15, 0.2) is 17.1 Å². The van der Waals surface area contributed by atoms with E-state index in [1.54, 1.807) is 13.3 Å². The molecule has 6 nitrogen and oxygen atoms in total. The number of hydrogen-bond donors (Lipinski definition) is 0. The zero-order valence-corrected chi connectivity index (χ0v) is 13.8. The molecule has 1 aliphatic rings. The summed E-state index contributed by atoms with van der Waals surface area (Å²) in [6.45, 7) is 3.75. The first-order chi connectivity index (χ1) is 11.8. The van der Waals surface area contributed by atoms with E-state index in [0.717, 1.165) is 48.2 Å². The number of aromatic nitrogens is 3. The van der Waals surface area contributed by atoms with Gasteiger partial charge < -0.3 is 14.4 Å². The van der Waals surface area contributed by atoms with Gasteiger partial charge in [0.2, 0.25) is 0 Å². The first kappa shape index (κ1) is 14.8. The maximum Gasteiger partial charge on any atom is 0.161 e. The Kier molecular flexibility index (Phi) is 3.72. The number of methoxy groups -OCH3 is 1. The van der Waals surface area contributed by atoms with Crippen molar-refractivity contribution in [2.45, 2.75) is 19.4 Å². The Labute approximate surface area is 140 Å². The zero-order valence-electron chi connectivity index (χ0n) is 13.8. The topological polar surface area (TPSA) is 51.9 Å². The van der Waals surface area contributed by atoms with Gasteiger partial charge in [0.05, 0.1) is 26.4 Å². The van der Waals surface area contributed by atoms with Crippen molar-refractivity contribution in [2.75, 3.05) is 25.1 Å². The highest BCUT2D eigenvalue weighted by molar-refractivity contribution is 5.53. The highest BCUT2D eigenvalue weighted by atomic mass is 16.5. The minimum atomic E-state index is 0.144. The molecule has 4 rings (SSSR count). The van der Waals surface area contributed by atoms with Crippen LogP contribution < -0.4 is 14.4 Å². The summed E-state index contributed by atoms with van der Waals surface area (Å²) >= 11 is 0. The van der Waals surface area contributed by atoms with E-state index in [2.05, 4.69) is 28.0 Å². The van der Waals surface area contributed by atoms with Crippen molar-refractivity contribution in [1.29, 1.82) is 0 Å². The monoisotopic (exact) mass is 324 g/mol. The maximum absolute atomic E-state index is 6.06. The summed E-state index contributed by atoms with van der Waals surface area (Å²) < 4.78 is 13.3. The van der Waals surface area contributed by atoms with Gasteiger partial charge in [0, 0.05) is 17.8 Å². The van der Waals surface area contributed by atoms with Gasteiger partial charge in [-0.25, -0.2) is 4.98 Å². The molecule has 0 aliphatic carbocycles. The molecule has 1 aromatic carbocycles. The summed E-state index contributed by atoms with van der Waals surface area (Å²) in [4.78, 5) is 6.86. The Balaban J connectivity index is 1.51. The standard InChI is InChI=1S/C18H20N4O2/c1-3-13-10-18(22-17(20-13)8-9-19-22)21-11-14(12-21)24-16-7-5-4-6-15(16)23-2/h4-10,14H,3,11-12H2,1-2H3. The number of ether oxygens (including phenoxy) is 2. The largest absolute Gasteiger partial charge is 0.493 e. The van der Waals surface area contributed by atoms with Crippen LogP contribution in [0.15, 0.2) is 42.6 Å². The predicted molar refractivity (Wildman–Crippen MR) is 92.0 cm³/mol. The number of benzene rings is 1. The number of para-hydroxylation sites is 2. The molecule has 124 valence electrons. The third-order valence-corrected chi connectivity index (χ3v) is 4.29. The van der Waals surface area contributed by atoms with Gasteiger partial charge in [-0.2, -0.15) is 9.61 Å². The fourth-order valence-corrected chi connectivity index (χ4v) is 2.95. The minimum Gasteiger partial charge on any atom is -0.493 e. The van der Waals surface area contributed by atoms with Crippen molar-refractivity contribution < 1.29 is 9.47 Å². The normalized spacial score (nSPS) is 14.7. The Hall–Kier alpha value is -2.76. The lowest BCUT2D eigenvalue weighted by atomic mass is 10.1. The Morgan fingerprint density at radius 1 is 1.17 bits per heavy atom. The molecule has 0 unspecified atom stereocenters. The van der Waals surface area contributed by atoms with E-state index < -0.39 is 0 Å². The first-order valence-corrected chi connectivity index (χ1v) is 8.16. The van der Waals surface area contributed by atoms with E-state index in [1.807, 2.05) is 34.8 Å². The molecule has 3 heterocycles. The molecule has 0 atom stereocenters. The molecule has 1 aliphatic heterocycles. The Morgan fingerprint density at radius 2 is 1.96 bits per heavy atom. The molecule has 3 aromatic rings. The van der Waals surface area contributed by atoms with E-state index >= 15 is 0 Å². The lowest BCUT2D eigenvalue weighted by Gasteiger charge is -2.40. The lowest BCUT2D eigenvalue weighted by Crippen LogP contribution is -2.54. The lowest BCUT2D eigenvalue weighted by molar-refractivity contribution is 0.160. The van der Waals surface area contributed by atoms with E-state index in [4.69, 9.17) is 9.47 Å². The smallest absolute Gasteiger partial charge is 0.161 e. The van der Waals surface area contributed by atoms with E-state index in [-0.39, 0.29) is 6.10 Å². The van der Waals surface area contributed by atoms with Crippen LogP contribution >= 0.6 is 0 Å². The van der Waals surface area contributed by atoms with Gasteiger partial charge in [-0.05, 0) is 18.6 Å². The predicted octanol–water partition coefficient (Wildman–Crippen LogP) is 2.57. The van der Waals surface area contributed by atoms with Gasteiger partial charge in [-0.15, -0.1) is 0 Å². The fraction of sp³-hybridized carbons (Fsp3) is 0.333. The van der Waals surface area contributed by atoms with Crippen LogP contribution in [0.5, 0.6) is 11.5 Å². The SMILES string of the molecule is CCc1cc(N2CC(Oc3ccccc3OC)C2)n2nccc2n1. The molecule has 6 heteroatoms. The van der Waals surface area contributed by atoms with Gasteiger partial charge in [-0.1, -0.05) is 19.1 Å². The number of aryl methyl sites for hydroxylation is 1. The van der Waals surface area contributed by atoms with Crippen LogP contribution in [0.1, 0.15) is 12.6 Å². The number of hydrogen-bond acceptors (Lipinski definition) is 5. The van der Waals surface area contributed by atoms with Crippen LogP contribution in [-0.2, 0) is 6.42 Å². The Morgan fingerprint density at radius 3 is 2.71 bits per heavy atom. The summed E-state index contributed by atoms with van der Waals surface area (Å²) in [7, 11) is 1.66. The van der Waals surface area contributed by atoms with Crippen LogP contribution in [0.4, 0.5) is 5.82 Å². The van der Waals surface area contributed by atoms with E-state index in [9.17, 15) is 0 Å². The molecule has 0 saturated carbocycles. The van der Waals surface area contributed by atoms with Crippen molar-refractivity contribution in [3.05, 3.63) is 48.3 Å². The molecule has 1 fully saturated rings. The molecule has 0 amide bonds. The maximum atomic E-state index is 6.06. The van der Waals surface area contributed by atoms with Crippen LogP contribution in [0.3, 0.4) is 0 Å². The quantitative estimate of drug-likeness (QED) is 0.722. The summed E-state index contributed by atoms with van der Waals surface area (Å²) in [6.07, 6.45) is 2.84. The van der Waals surface area contributed by atoms with Crippen LogP contribution in [0.25, 0.3) is 5.65 Å². The van der Waals surface area contributed by atoms with Gasteiger partial charge in [0.1, 0.15) is 11.9 Å². The second-order valence-corrected chi connectivity index (χ2v) is 5.86. The molecule has 24 heavy (non-hydrogen) atoms. The van der Waals surface area contributed by atoms with Crippen molar-refractivity contribution >= 4 is 11.5 Å². The van der Waals surface area contributed by atoms with Gasteiger partial charge in [-0.3, -0.25) is 0 Å². The van der Waals surface area contributed by atoms with E-state index in [1.165, 1.54) is 0 Å². The number of rotatable bonds is 5. The molecule has 2 aromatic heterocycles. The number of fused-ring (bicyclic) bond motifs is 1. The van der Waals surface area contributed by atoms with Crippen LogP contribution in [-0.4, -0.2) is 40.9 Å². The highest BCUT2D eigenvalue weighted by Gasteiger charge is 2.31. The molecular formula is C18H20N4O2. The average Bonchev–Trinajstić information content (AvgIpc) is 3.06. The minimum absolute atomic E-state index is 0.144. The average molecular weight is 324 g/mol. The number of nitrogens with zero attached hydrogens (tertiary/aromatic N) is 4. The van der Waals surface area contributed by atoms with Gasteiger partial charge in [0.25, 0.3) is 0 Å². The van der Waals surface area contributed by atoms with Crippen molar-refractivity contribution in [3.8, 4) is 11.5 Å². The Bertz CT molecular complexity index is 855. The second-order valence-electron chi connectivity index (χ2n) is 5.86. The summed E-state index contributed by atoms with van der Waals surface area (Å²) in [5, 5.41) is 4.39. The van der Waals surface area contributed by atoms with Crippen molar-refractivity contribution in [3.63, 3.8) is 0 Å². The highest BCUT2D eigenvalue weighted by Crippen LogP contribution is 2.30.